The molecule has 2 rings (SSSR count). The highest BCUT2D eigenvalue weighted by Gasteiger charge is 2.05. The van der Waals surface area contributed by atoms with Gasteiger partial charge in [0.25, 0.3) is 0 Å². The van der Waals surface area contributed by atoms with Crippen LogP contribution in [0.15, 0.2) is 24.4 Å². The van der Waals surface area contributed by atoms with Crippen LogP contribution in [0.1, 0.15) is 32.3 Å². The van der Waals surface area contributed by atoms with Crippen molar-refractivity contribution in [3.8, 4) is 0 Å². The van der Waals surface area contributed by atoms with Crippen molar-refractivity contribution < 1.29 is 0 Å². The molecule has 0 saturated heterocycles. The molecule has 0 aliphatic rings. The average molecular weight is 300 g/mol. The Hall–Kier alpha value is -1.81. The lowest BCUT2D eigenvalue weighted by atomic mass is 10.1. The van der Waals surface area contributed by atoms with Crippen LogP contribution in [0.4, 0.5) is 11.5 Å². The fourth-order valence-corrected chi connectivity index (χ4v) is 2.81. The van der Waals surface area contributed by atoms with E-state index < -0.39 is 0 Å². The van der Waals surface area contributed by atoms with Gasteiger partial charge in [-0.3, -0.25) is 0 Å². The third kappa shape index (κ3) is 4.10. The van der Waals surface area contributed by atoms with Crippen molar-refractivity contribution in [2.45, 2.75) is 33.6 Å². The molecule has 3 N–H and O–H groups in total. The summed E-state index contributed by atoms with van der Waals surface area (Å²) < 4.78 is 0. The normalized spacial score (nSPS) is 11.3. The lowest BCUT2D eigenvalue weighted by Gasteiger charge is -2.17. The first-order chi connectivity index (χ1) is 10.7. The summed E-state index contributed by atoms with van der Waals surface area (Å²) in [7, 11) is 0. The average Bonchev–Trinajstić information content (AvgIpc) is 2.51. The Morgan fingerprint density at radius 3 is 2.64 bits per heavy atom. The number of nitrogens with two attached hydrogens (primary N) is 1. The molecule has 0 saturated carbocycles. The van der Waals surface area contributed by atoms with Crippen LogP contribution in [0.25, 0.3) is 10.8 Å². The lowest BCUT2D eigenvalue weighted by molar-refractivity contribution is 0.298. The predicted molar refractivity (Wildman–Crippen MR) is 96.4 cm³/mol. The van der Waals surface area contributed by atoms with Gasteiger partial charge in [-0.05, 0) is 63.2 Å². The summed E-state index contributed by atoms with van der Waals surface area (Å²) in [5, 5.41) is 5.66. The summed E-state index contributed by atoms with van der Waals surface area (Å²) in [6.07, 6.45) is 4.18. The first kappa shape index (κ1) is 16.6. The Balaban J connectivity index is 1.95. The highest BCUT2D eigenvalue weighted by atomic mass is 15.1. The van der Waals surface area contributed by atoms with E-state index in [2.05, 4.69) is 42.0 Å². The number of unbranched alkanes of at least 4 members (excludes halogenated alkanes) is 1. The van der Waals surface area contributed by atoms with E-state index in [1.54, 1.807) is 0 Å². The standard InChI is InChI=1S/C18H28N4/c1-4-22(5-2)11-7-6-9-20-18-16-12-14(3)13-17(19)15(16)8-10-21-18/h8,10,12-13H,4-7,9,11,19H2,1-3H3,(H,20,21). The maximum Gasteiger partial charge on any atom is 0.133 e. The minimum atomic E-state index is 0.821. The molecule has 0 aliphatic carbocycles. The Bertz CT molecular complexity index is 605. The molecule has 0 radical (unpaired) electrons. The first-order valence-corrected chi connectivity index (χ1v) is 8.26. The van der Waals surface area contributed by atoms with E-state index in [1.807, 2.05) is 18.3 Å². The van der Waals surface area contributed by atoms with E-state index in [0.29, 0.717) is 0 Å². The highest BCUT2D eigenvalue weighted by Crippen LogP contribution is 2.27. The second kappa shape index (κ2) is 7.99. The number of pyridine rings is 1. The monoisotopic (exact) mass is 300 g/mol. The summed E-state index contributed by atoms with van der Waals surface area (Å²) >= 11 is 0. The third-order valence-corrected chi connectivity index (χ3v) is 4.14. The number of anilines is 2. The van der Waals surface area contributed by atoms with Crippen molar-refractivity contribution in [1.29, 1.82) is 0 Å². The van der Waals surface area contributed by atoms with Crippen molar-refractivity contribution >= 4 is 22.3 Å². The van der Waals surface area contributed by atoms with Gasteiger partial charge >= 0.3 is 0 Å². The molecule has 0 spiro atoms. The molecule has 1 aromatic carbocycles. The van der Waals surface area contributed by atoms with Crippen LogP contribution in [0.2, 0.25) is 0 Å². The minimum absolute atomic E-state index is 0.821. The van der Waals surface area contributed by atoms with Crippen LogP contribution >= 0.6 is 0 Å². The van der Waals surface area contributed by atoms with Crippen molar-refractivity contribution in [2.75, 3.05) is 37.2 Å². The molecule has 4 heteroatoms. The Morgan fingerprint density at radius 2 is 1.91 bits per heavy atom. The molecule has 120 valence electrons. The number of hydrogen-bond acceptors (Lipinski definition) is 4. The molecular weight excluding hydrogens is 272 g/mol. The second-order valence-corrected chi connectivity index (χ2v) is 5.77. The zero-order chi connectivity index (χ0) is 15.9. The zero-order valence-corrected chi connectivity index (χ0v) is 14.0. The number of fused-ring (bicyclic) bond motifs is 1. The summed E-state index contributed by atoms with van der Waals surface area (Å²) in [6.45, 7) is 10.9. The third-order valence-electron chi connectivity index (χ3n) is 4.14. The van der Waals surface area contributed by atoms with Gasteiger partial charge < -0.3 is 16.0 Å². The van der Waals surface area contributed by atoms with Gasteiger partial charge in [-0.2, -0.15) is 0 Å². The topological polar surface area (TPSA) is 54.2 Å². The van der Waals surface area contributed by atoms with Gasteiger partial charge in [-0.25, -0.2) is 4.98 Å². The maximum atomic E-state index is 6.11. The molecule has 22 heavy (non-hydrogen) atoms. The van der Waals surface area contributed by atoms with Crippen LogP contribution in [0.5, 0.6) is 0 Å². The summed E-state index contributed by atoms with van der Waals surface area (Å²) in [5.74, 6) is 0.940. The SMILES string of the molecule is CCN(CC)CCCCNc1nccc2c(N)cc(C)cc12. The number of aryl methyl sites for hydroxylation is 1. The smallest absolute Gasteiger partial charge is 0.133 e. The molecule has 2 aromatic rings. The number of nitrogen functional groups attached to an aromatic ring is 1. The van der Waals surface area contributed by atoms with E-state index in [1.165, 1.54) is 18.5 Å². The van der Waals surface area contributed by atoms with E-state index in [-0.39, 0.29) is 0 Å². The number of nitrogens with zero attached hydrogens (tertiary/aromatic N) is 2. The lowest BCUT2D eigenvalue weighted by Crippen LogP contribution is -2.24. The minimum Gasteiger partial charge on any atom is -0.398 e. The van der Waals surface area contributed by atoms with Crippen LogP contribution in [0.3, 0.4) is 0 Å². The van der Waals surface area contributed by atoms with Crippen molar-refractivity contribution in [1.82, 2.24) is 9.88 Å². The van der Waals surface area contributed by atoms with Gasteiger partial charge in [-0.15, -0.1) is 0 Å². The van der Waals surface area contributed by atoms with Gasteiger partial charge in [0.15, 0.2) is 0 Å². The summed E-state index contributed by atoms with van der Waals surface area (Å²) in [6, 6.07) is 6.14. The molecule has 0 amide bonds. The van der Waals surface area contributed by atoms with Crippen molar-refractivity contribution in [3.63, 3.8) is 0 Å². The molecular formula is C18H28N4. The van der Waals surface area contributed by atoms with Gasteiger partial charge in [0.1, 0.15) is 5.82 Å². The highest BCUT2D eigenvalue weighted by molar-refractivity contribution is 5.99. The molecule has 1 aromatic heterocycles. The number of hydrogen-bond donors (Lipinski definition) is 2. The number of aromatic nitrogens is 1. The van der Waals surface area contributed by atoms with Crippen LogP contribution < -0.4 is 11.1 Å². The molecule has 4 nitrogen and oxygen atoms in total. The molecule has 0 atom stereocenters. The van der Waals surface area contributed by atoms with Crippen molar-refractivity contribution in [3.05, 3.63) is 30.0 Å². The van der Waals surface area contributed by atoms with Crippen LogP contribution in [-0.2, 0) is 0 Å². The Morgan fingerprint density at radius 1 is 1.14 bits per heavy atom. The second-order valence-electron chi connectivity index (χ2n) is 5.77. The fraction of sp³-hybridized carbons (Fsp3) is 0.500. The van der Waals surface area contributed by atoms with Crippen LogP contribution in [-0.4, -0.2) is 36.1 Å². The van der Waals surface area contributed by atoms with E-state index in [4.69, 9.17) is 5.73 Å². The fourth-order valence-electron chi connectivity index (χ4n) is 2.81. The number of nitrogens with one attached hydrogen (secondary N) is 1. The maximum absolute atomic E-state index is 6.11. The first-order valence-electron chi connectivity index (χ1n) is 8.26. The van der Waals surface area contributed by atoms with Gasteiger partial charge in [0, 0.05) is 29.2 Å². The summed E-state index contributed by atoms with van der Waals surface area (Å²) in [5.41, 5.74) is 8.10. The number of rotatable bonds is 8. The summed E-state index contributed by atoms with van der Waals surface area (Å²) in [4.78, 5) is 6.94. The van der Waals surface area contributed by atoms with Gasteiger partial charge in [-0.1, -0.05) is 13.8 Å². The zero-order valence-electron chi connectivity index (χ0n) is 14.0. The molecule has 0 unspecified atom stereocenters. The van der Waals surface area contributed by atoms with E-state index >= 15 is 0 Å². The molecule has 0 aliphatic heterocycles. The molecule has 1 heterocycles. The molecule has 0 fully saturated rings. The quantitative estimate of drug-likeness (QED) is 0.577. The Kier molecular flexibility index (Phi) is 6.01. The van der Waals surface area contributed by atoms with Crippen molar-refractivity contribution in [2.24, 2.45) is 0 Å². The largest absolute Gasteiger partial charge is 0.398 e. The number of benzene rings is 1. The van der Waals surface area contributed by atoms with E-state index in [0.717, 1.165) is 48.3 Å². The van der Waals surface area contributed by atoms with Gasteiger partial charge in [0.05, 0.1) is 0 Å². The molecule has 0 bridgehead atoms. The predicted octanol–water partition coefficient (Wildman–Crippen LogP) is 3.66. The van der Waals surface area contributed by atoms with Gasteiger partial charge in [0.2, 0.25) is 0 Å². The van der Waals surface area contributed by atoms with E-state index in [9.17, 15) is 0 Å². The Labute approximate surface area is 133 Å². The van der Waals surface area contributed by atoms with Crippen LogP contribution in [0, 0.1) is 6.92 Å².